The van der Waals surface area contributed by atoms with Gasteiger partial charge in [-0.25, -0.2) is 4.98 Å². The number of nitrogens with one attached hydrogen (secondary N) is 2. The second kappa shape index (κ2) is 6.79. The first-order valence-electron chi connectivity index (χ1n) is 8.23. The predicted octanol–water partition coefficient (Wildman–Crippen LogP) is 4.03. The van der Waals surface area contributed by atoms with Gasteiger partial charge in [-0.15, -0.1) is 11.8 Å². The van der Waals surface area contributed by atoms with Crippen molar-refractivity contribution in [3.63, 3.8) is 0 Å². The summed E-state index contributed by atoms with van der Waals surface area (Å²) < 4.78 is 0. The number of hydrogen-bond acceptors (Lipinski definition) is 4. The molecule has 2 atom stereocenters. The Bertz CT molecular complexity index is 815. The molecule has 0 aliphatic carbocycles. The molecule has 0 radical (unpaired) electrons. The molecule has 2 aromatic carbocycles. The van der Waals surface area contributed by atoms with E-state index in [9.17, 15) is 0 Å². The first-order valence-corrected chi connectivity index (χ1v) is 9.21. The summed E-state index contributed by atoms with van der Waals surface area (Å²) in [5, 5.41) is 11.2. The van der Waals surface area contributed by atoms with Crippen LogP contribution in [0.1, 0.15) is 41.3 Å². The molecule has 3 aromatic rings. The van der Waals surface area contributed by atoms with Gasteiger partial charge in [0.2, 0.25) is 0 Å². The highest BCUT2D eigenvalue weighted by molar-refractivity contribution is 7.99. The Hall–Kier alpha value is -2.11. The molecular weight excluding hydrogens is 316 g/mol. The molecule has 0 spiro atoms. The Labute approximate surface area is 146 Å². The van der Waals surface area contributed by atoms with Gasteiger partial charge in [-0.05, 0) is 36.3 Å². The van der Waals surface area contributed by atoms with Gasteiger partial charge in [-0.3, -0.25) is 10.4 Å². The lowest BCUT2D eigenvalue weighted by Gasteiger charge is -2.29. The fourth-order valence-corrected chi connectivity index (χ4v) is 4.30. The van der Waals surface area contributed by atoms with Gasteiger partial charge in [0.1, 0.15) is 5.82 Å². The van der Waals surface area contributed by atoms with Crippen molar-refractivity contribution in [1.82, 2.24) is 20.5 Å². The van der Waals surface area contributed by atoms with Crippen LogP contribution in [0.4, 0.5) is 0 Å². The maximum absolute atomic E-state index is 4.57. The van der Waals surface area contributed by atoms with Crippen LogP contribution in [0.2, 0.25) is 0 Å². The van der Waals surface area contributed by atoms with Crippen molar-refractivity contribution in [2.24, 2.45) is 0 Å². The molecule has 5 heteroatoms. The highest BCUT2D eigenvalue weighted by Gasteiger charge is 2.26. The van der Waals surface area contributed by atoms with Gasteiger partial charge in [0.25, 0.3) is 0 Å². The number of benzene rings is 2. The summed E-state index contributed by atoms with van der Waals surface area (Å²) in [6.45, 7) is 1.94. The molecule has 122 valence electrons. The number of fused-ring (bicyclic) bond motifs is 1. The van der Waals surface area contributed by atoms with Crippen LogP contribution in [0, 0.1) is 6.92 Å². The molecule has 0 amide bonds. The molecule has 0 saturated heterocycles. The number of rotatable bonds is 4. The van der Waals surface area contributed by atoms with Crippen molar-refractivity contribution in [2.45, 2.75) is 30.3 Å². The lowest BCUT2D eigenvalue weighted by molar-refractivity contribution is 0.455. The Kier molecular flexibility index (Phi) is 4.36. The fourth-order valence-electron chi connectivity index (χ4n) is 3.17. The second-order valence-electron chi connectivity index (χ2n) is 6.02. The molecule has 2 N–H and O–H groups in total. The minimum atomic E-state index is -0.0164. The van der Waals surface area contributed by atoms with Crippen LogP contribution in [0.5, 0.6) is 0 Å². The molecule has 0 saturated carbocycles. The zero-order valence-corrected chi connectivity index (χ0v) is 14.4. The predicted molar refractivity (Wildman–Crippen MR) is 97.1 cm³/mol. The Morgan fingerprint density at radius 3 is 2.71 bits per heavy atom. The first kappa shape index (κ1) is 15.4. The van der Waals surface area contributed by atoms with E-state index in [2.05, 4.69) is 69.0 Å². The third-order valence-electron chi connectivity index (χ3n) is 4.33. The summed E-state index contributed by atoms with van der Waals surface area (Å²) in [5.41, 5.74) is 2.56. The highest BCUT2D eigenvalue weighted by atomic mass is 32.2. The van der Waals surface area contributed by atoms with Gasteiger partial charge in [0, 0.05) is 10.9 Å². The van der Waals surface area contributed by atoms with Gasteiger partial charge in [-0.1, -0.05) is 48.5 Å². The van der Waals surface area contributed by atoms with E-state index in [0.717, 1.165) is 23.8 Å². The normalized spacial score (nSPS) is 18.1. The molecule has 1 aliphatic rings. The molecule has 4 rings (SSSR count). The van der Waals surface area contributed by atoms with E-state index in [-0.39, 0.29) is 6.04 Å². The number of aryl methyl sites for hydroxylation is 1. The van der Waals surface area contributed by atoms with Crippen LogP contribution in [0.15, 0.2) is 59.5 Å². The molecule has 1 aromatic heterocycles. The molecular formula is C19H20N4S. The van der Waals surface area contributed by atoms with Gasteiger partial charge >= 0.3 is 0 Å². The summed E-state index contributed by atoms with van der Waals surface area (Å²) >= 11 is 1.94. The first-order chi connectivity index (χ1) is 11.8. The molecule has 1 aliphatic heterocycles. The second-order valence-corrected chi connectivity index (χ2v) is 7.15. The highest BCUT2D eigenvalue weighted by Crippen LogP contribution is 2.37. The zero-order valence-electron chi connectivity index (χ0n) is 13.6. The van der Waals surface area contributed by atoms with E-state index in [4.69, 9.17) is 0 Å². The number of thioether (sulfide) groups is 1. The van der Waals surface area contributed by atoms with Crippen LogP contribution in [-0.2, 0) is 0 Å². The number of hydrogen-bond donors (Lipinski definition) is 2. The van der Waals surface area contributed by atoms with Crippen LogP contribution in [-0.4, -0.2) is 20.9 Å². The molecule has 2 heterocycles. The van der Waals surface area contributed by atoms with E-state index in [1.54, 1.807) is 0 Å². The maximum Gasteiger partial charge on any atom is 0.172 e. The van der Waals surface area contributed by atoms with Crippen molar-refractivity contribution < 1.29 is 0 Å². The molecule has 0 fully saturated rings. The summed E-state index contributed by atoms with van der Waals surface area (Å²) in [6.07, 6.45) is 1.11. The van der Waals surface area contributed by atoms with Crippen LogP contribution in [0.25, 0.3) is 0 Å². The molecule has 0 unspecified atom stereocenters. The number of nitrogens with zero attached hydrogens (tertiary/aromatic N) is 2. The van der Waals surface area contributed by atoms with Crippen LogP contribution in [0.3, 0.4) is 0 Å². The topological polar surface area (TPSA) is 53.6 Å². The van der Waals surface area contributed by atoms with Crippen molar-refractivity contribution >= 4 is 11.8 Å². The third-order valence-corrected chi connectivity index (χ3v) is 5.45. The average Bonchev–Trinajstić information content (AvgIpc) is 3.06. The fraction of sp³-hybridized carbons (Fsp3) is 0.263. The molecule has 0 bridgehead atoms. The number of aromatic amines is 1. The lowest BCUT2D eigenvalue weighted by atomic mass is 9.99. The van der Waals surface area contributed by atoms with Crippen LogP contribution < -0.4 is 5.32 Å². The average molecular weight is 336 g/mol. The maximum atomic E-state index is 4.57. The monoisotopic (exact) mass is 336 g/mol. The summed E-state index contributed by atoms with van der Waals surface area (Å²) in [4.78, 5) is 5.95. The quantitative estimate of drug-likeness (QED) is 0.755. The standard InChI is InChI=1S/C19H20N4S/c1-13-20-19(23-22-13)18(14-7-3-2-4-8-14)21-16-11-12-24-17-10-6-5-9-15(16)17/h2-10,16,18,21H,11-12H2,1H3,(H,20,22,23)/t16-,18+/m0/s1. The van der Waals surface area contributed by atoms with Crippen LogP contribution >= 0.6 is 11.8 Å². The summed E-state index contributed by atoms with van der Waals surface area (Å²) in [5.74, 6) is 2.77. The van der Waals surface area contributed by atoms with Gasteiger partial charge in [-0.2, -0.15) is 5.10 Å². The van der Waals surface area contributed by atoms with E-state index >= 15 is 0 Å². The third kappa shape index (κ3) is 3.09. The number of H-pyrrole nitrogens is 1. The zero-order chi connectivity index (χ0) is 16.4. The minimum absolute atomic E-state index is 0.0164. The SMILES string of the molecule is Cc1nc([C@H](N[C@H]2CCSc3ccccc32)c2ccccc2)n[nH]1. The number of aromatic nitrogens is 3. The Morgan fingerprint density at radius 1 is 1.12 bits per heavy atom. The minimum Gasteiger partial charge on any atom is -0.297 e. The van der Waals surface area contributed by atoms with Gasteiger partial charge in [0.15, 0.2) is 5.82 Å². The summed E-state index contributed by atoms with van der Waals surface area (Å²) in [7, 11) is 0. The molecule has 24 heavy (non-hydrogen) atoms. The lowest BCUT2D eigenvalue weighted by Crippen LogP contribution is -2.30. The Morgan fingerprint density at radius 2 is 1.92 bits per heavy atom. The smallest absolute Gasteiger partial charge is 0.172 e. The summed E-state index contributed by atoms with van der Waals surface area (Å²) in [6, 6.07) is 19.4. The van der Waals surface area contributed by atoms with E-state index in [1.165, 1.54) is 16.0 Å². The van der Waals surface area contributed by atoms with E-state index in [1.807, 2.05) is 24.8 Å². The van der Waals surface area contributed by atoms with E-state index in [0.29, 0.717) is 6.04 Å². The van der Waals surface area contributed by atoms with E-state index < -0.39 is 0 Å². The van der Waals surface area contributed by atoms with Crippen molar-refractivity contribution in [3.8, 4) is 0 Å². The van der Waals surface area contributed by atoms with Crippen molar-refractivity contribution in [2.75, 3.05) is 5.75 Å². The largest absolute Gasteiger partial charge is 0.297 e. The van der Waals surface area contributed by atoms with Crippen molar-refractivity contribution in [1.29, 1.82) is 0 Å². The van der Waals surface area contributed by atoms with Crippen molar-refractivity contribution in [3.05, 3.63) is 77.4 Å². The Balaban J connectivity index is 1.68. The van der Waals surface area contributed by atoms with Gasteiger partial charge in [0.05, 0.1) is 6.04 Å². The molecule has 4 nitrogen and oxygen atoms in total. The van der Waals surface area contributed by atoms with Gasteiger partial charge < -0.3 is 0 Å².